The number of fused-ring (bicyclic) bond motifs is 1. The molecule has 0 N–H and O–H groups in total. The van der Waals surface area contributed by atoms with Crippen LogP contribution in [0.15, 0.2) is 12.3 Å². The Bertz CT molecular complexity index is 317. The molecule has 0 radical (unpaired) electrons. The highest BCUT2D eigenvalue weighted by Crippen LogP contribution is 2.26. The minimum atomic E-state index is 0.899. The van der Waals surface area contributed by atoms with Gasteiger partial charge in [0.2, 0.25) is 0 Å². The first-order valence-corrected chi connectivity index (χ1v) is 5.80. The van der Waals surface area contributed by atoms with Gasteiger partial charge in [0.05, 0.1) is 0 Å². The molecule has 1 unspecified atom stereocenters. The highest BCUT2D eigenvalue weighted by Gasteiger charge is 2.17. The average molecular weight is 189 g/mol. The zero-order valence-corrected chi connectivity index (χ0v) is 9.21. The van der Waals surface area contributed by atoms with E-state index in [0.717, 1.165) is 12.3 Å². The number of rotatable bonds is 2. The second kappa shape index (κ2) is 4.12. The summed E-state index contributed by atoms with van der Waals surface area (Å²) in [4.78, 5) is 4.56. The van der Waals surface area contributed by atoms with Crippen LogP contribution < -0.4 is 0 Å². The lowest BCUT2D eigenvalue weighted by molar-refractivity contribution is 0.439. The van der Waals surface area contributed by atoms with Crippen LogP contribution in [0.1, 0.15) is 43.5 Å². The van der Waals surface area contributed by atoms with Crippen molar-refractivity contribution in [3.05, 3.63) is 29.1 Å². The third-order valence-corrected chi connectivity index (χ3v) is 3.40. The normalized spacial score (nSPS) is 20.6. The first-order valence-electron chi connectivity index (χ1n) is 5.80. The molecule has 0 bridgehead atoms. The molecule has 1 aromatic heterocycles. The van der Waals surface area contributed by atoms with Gasteiger partial charge in [-0.05, 0) is 42.7 Å². The van der Waals surface area contributed by atoms with Gasteiger partial charge in [-0.15, -0.1) is 0 Å². The predicted octanol–water partition coefficient (Wildman–Crippen LogP) is 3.16. The van der Waals surface area contributed by atoms with Crippen molar-refractivity contribution in [2.24, 2.45) is 5.92 Å². The SMILES string of the molecule is CCc1cnc2c(c1)CC(CC)CC2. The van der Waals surface area contributed by atoms with E-state index in [0.29, 0.717) is 0 Å². The van der Waals surface area contributed by atoms with Gasteiger partial charge in [0.1, 0.15) is 0 Å². The second-order valence-corrected chi connectivity index (χ2v) is 4.32. The molecule has 1 aliphatic rings. The summed E-state index contributed by atoms with van der Waals surface area (Å²) in [6, 6.07) is 2.37. The van der Waals surface area contributed by atoms with Crippen LogP contribution in [0.2, 0.25) is 0 Å². The maximum Gasteiger partial charge on any atom is 0.0435 e. The van der Waals surface area contributed by atoms with Crippen molar-refractivity contribution in [2.45, 2.75) is 46.0 Å². The van der Waals surface area contributed by atoms with Gasteiger partial charge in [0, 0.05) is 11.9 Å². The topological polar surface area (TPSA) is 12.9 Å². The quantitative estimate of drug-likeness (QED) is 0.696. The molecule has 0 amide bonds. The molecule has 0 saturated carbocycles. The molecular weight excluding hydrogens is 170 g/mol. The molecule has 1 heterocycles. The summed E-state index contributed by atoms with van der Waals surface area (Å²) in [7, 11) is 0. The van der Waals surface area contributed by atoms with E-state index in [4.69, 9.17) is 0 Å². The van der Waals surface area contributed by atoms with Crippen LogP contribution in [0.25, 0.3) is 0 Å². The minimum absolute atomic E-state index is 0.899. The number of hydrogen-bond acceptors (Lipinski definition) is 1. The van der Waals surface area contributed by atoms with Gasteiger partial charge in [0.25, 0.3) is 0 Å². The Balaban J connectivity index is 2.25. The molecular formula is C13H19N. The molecule has 0 fully saturated rings. The molecule has 76 valence electrons. The Kier molecular flexibility index (Phi) is 2.85. The molecule has 0 aromatic carbocycles. The molecule has 0 aliphatic heterocycles. The highest BCUT2D eigenvalue weighted by atomic mass is 14.7. The number of aryl methyl sites for hydroxylation is 2. The summed E-state index contributed by atoms with van der Waals surface area (Å²) in [6.07, 6.45) is 8.25. The van der Waals surface area contributed by atoms with Crippen molar-refractivity contribution in [2.75, 3.05) is 0 Å². The van der Waals surface area contributed by atoms with Crippen molar-refractivity contribution in [3.63, 3.8) is 0 Å². The summed E-state index contributed by atoms with van der Waals surface area (Å²) in [5.74, 6) is 0.899. The van der Waals surface area contributed by atoms with Crippen LogP contribution >= 0.6 is 0 Å². The summed E-state index contributed by atoms with van der Waals surface area (Å²) in [6.45, 7) is 4.50. The zero-order chi connectivity index (χ0) is 9.97. The third-order valence-electron chi connectivity index (χ3n) is 3.40. The molecule has 0 spiro atoms. The van der Waals surface area contributed by atoms with Gasteiger partial charge in [-0.3, -0.25) is 4.98 Å². The Labute approximate surface area is 86.6 Å². The Morgan fingerprint density at radius 1 is 1.43 bits per heavy atom. The van der Waals surface area contributed by atoms with Crippen LogP contribution in [-0.2, 0) is 19.3 Å². The van der Waals surface area contributed by atoms with E-state index >= 15 is 0 Å². The second-order valence-electron chi connectivity index (χ2n) is 4.32. The number of aromatic nitrogens is 1. The molecule has 1 nitrogen and oxygen atoms in total. The number of nitrogens with zero attached hydrogens (tertiary/aromatic N) is 1. The zero-order valence-electron chi connectivity index (χ0n) is 9.21. The van der Waals surface area contributed by atoms with Gasteiger partial charge in [-0.1, -0.05) is 26.3 Å². The van der Waals surface area contributed by atoms with Gasteiger partial charge < -0.3 is 0 Å². The van der Waals surface area contributed by atoms with Gasteiger partial charge >= 0.3 is 0 Å². The van der Waals surface area contributed by atoms with Crippen molar-refractivity contribution >= 4 is 0 Å². The molecule has 1 aliphatic carbocycles. The van der Waals surface area contributed by atoms with Gasteiger partial charge in [0.15, 0.2) is 0 Å². The Morgan fingerprint density at radius 2 is 2.29 bits per heavy atom. The van der Waals surface area contributed by atoms with E-state index in [1.54, 1.807) is 0 Å². The predicted molar refractivity (Wildman–Crippen MR) is 59.4 cm³/mol. The van der Waals surface area contributed by atoms with Crippen molar-refractivity contribution in [1.82, 2.24) is 4.98 Å². The summed E-state index contributed by atoms with van der Waals surface area (Å²) in [5.41, 5.74) is 4.26. The Hall–Kier alpha value is -0.850. The van der Waals surface area contributed by atoms with Gasteiger partial charge in [-0.2, -0.15) is 0 Å². The fourth-order valence-electron chi connectivity index (χ4n) is 2.29. The van der Waals surface area contributed by atoms with Crippen LogP contribution in [-0.4, -0.2) is 4.98 Å². The fraction of sp³-hybridized carbons (Fsp3) is 0.615. The molecule has 14 heavy (non-hydrogen) atoms. The lowest BCUT2D eigenvalue weighted by atomic mass is 9.84. The molecule has 1 atom stereocenters. The standard InChI is InChI=1S/C13H19N/c1-3-10-5-6-13-12(7-10)8-11(4-2)9-14-13/h8-10H,3-7H2,1-2H3. The van der Waals surface area contributed by atoms with E-state index in [1.807, 2.05) is 6.20 Å². The first kappa shape index (κ1) is 9.70. The van der Waals surface area contributed by atoms with Crippen molar-refractivity contribution in [3.8, 4) is 0 Å². The average Bonchev–Trinajstić information content (AvgIpc) is 2.27. The maximum atomic E-state index is 4.56. The minimum Gasteiger partial charge on any atom is -0.261 e. The van der Waals surface area contributed by atoms with Crippen molar-refractivity contribution in [1.29, 1.82) is 0 Å². The summed E-state index contributed by atoms with van der Waals surface area (Å²) < 4.78 is 0. The largest absolute Gasteiger partial charge is 0.261 e. The summed E-state index contributed by atoms with van der Waals surface area (Å²) >= 11 is 0. The first-order chi connectivity index (χ1) is 6.83. The van der Waals surface area contributed by atoms with E-state index in [2.05, 4.69) is 24.9 Å². The van der Waals surface area contributed by atoms with Gasteiger partial charge in [-0.25, -0.2) is 0 Å². The highest BCUT2D eigenvalue weighted by molar-refractivity contribution is 5.27. The smallest absolute Gasteiger partial charge is 0.0435 e. The third kappa shape index (κ3) is 1.82. The summed E-state index contributed by atoms with van der Waals surface area (Å²) in [5, 5.41) is 0. The van der Waals surface area contributed by atoms with E-state index in [9.17, 15) is 0 Å². The molecule has 1 heteroatoms. The number of hydrogen-bond donors (Lipinski definition) is 0. The van der Waals surface area contributed by atoms with E-state index in [-0.39, 0.29) is 0 Å². The Morgan fingerprint density at radius 3 is 3.00 bits per heavy atom. The van der Waals surface area contributed by atoms with E-state index < -0.39 is 0 Å². The molecule has 2 rings (SSSR count). The lowest BCUT2D eigenvalue weighted by Gasteiger charge is -2.23. The number of pyridine rings is 1. The fourth-order valence-corrected chi connectivity index (χ4v) is 2.29. The van der Waals surface area contributed by atoms with Crippen LogP contribution in [0.4, 0.5) is 0 Å². The van der Waals surface area contributed by atoms with E-state index in [1.165, 1.54) is 42.5 Å². The van der Waals surface area contributed by atoms with Crippen LogP contribution in [0.3, 0.4) is 0 Å². The molecule has 1 aromatic rings. The van der Waals surface area contributed by atoms with Crippen LogP contribution in [0.5, 0.6) is 0 Å². The van der Waals surface area contributed by atoms with Crippen molar-refractivity contribution < 1.29 is 0 Å². The lowest BCUT2D eigenvalue weighted by Crippen LogP contribution is -2.15. The molecule has 0 saturated heterocycles. The van der Waals surface area contributed by atoms with Crippen LogP contribution in [0, 0.1) is 5.92 Å². The maximum absolute atomic E-state index is 4.56. The monoisotopic (exact) mass is 189 g/mol.